The number of aromatic nitrogens is 3. The van der Waals surface area contributed by atoms with E-state index in [4.69, 9.17) is 14.2 Å². The lowest BCUT2D eigenvalue weighted by Crippen LogP contribution is -2.28. The minimum atomic E-state index is -1.14. The van der Waals surface area contributed by atoms with Crippen molar-refractivity contribution >= 4 is 43.7 Å². The van der Waals surface area contributed by atoms with Gasteiger partial charge in [-0.1, -0.05) is 0 Å². The fourth-order valence-corrected chi connectivity index (χ4v) is 3.55. The Morgan fingerprint density at radius 2 is 1.97 bits per heavy atom. The number of hydrogen-bond acceptors (Lipinski definition) is 7. The summed E-state index contributed by atoms with van der Waals surface area (Å²) in [6.45, 7) is 3.14. The van der Waals surface area contributed by atoms with Gasteiger partial charge in [-0.25, -0.2) is 14.8 Å². The first-order valence-electron chi connectivity index (χ1n) is 9.86. The number of pyridine rings is 2. The molecule has 1 aromatic carbocycles. The Kier molecular flexibility index (Phi) is 6.14. The minimum absolute atomic E-state index is 0.144. The van der Waals surface area contributed by atoms with Gasteiger partial charge in [-0.2, -0.15) is 0 Å². The molecule has 4 aromatic rings. The van der Waals surface area contributed by atoms with Crippen LogP contribution in [0, 0.1) is 0 Å². The summed E-state index contributed by atoms with van der Waals surface area (Å²) in [7, 11) is 1.55. The van der Waals surface area contributed by atoms with E-state index >= 15 is 0 Å². The van der Waals surface area contributed by atoms with Crippen LogP contribution >= 0.6 is 15.9 Å². The zero-order valence-corrected chi connectivity index (χ0v) is 19.4. The average molecular weight is 500 g/mol. The topological polar surface area (TPSA) is 107 Å². The highest BCUT2D eigenvalue weighted by atomic mass is 79.9. The largest absolute Gasteiger partial charge is 0.458 e. The molecule has 0 radical (unpaired) electrons. The number of rotatable bonds is 7. The van der Waals surface area contributed by atoms with Crippen molar-refractivity contribution in [2.24, 2.45) is 0 Å². The van der Waals surface area contributed by atoms with E-state index in [0.29, 0.717) is 17.2 Å². The maximum absolute atomic E-state index is 12.7. The second-order valence-electron chi connectivity index (χ2n) is 7.94. The van der Waals surface area contributed by atoms with E-state index in [2.05, 4.69) is 30.9 Å². The third-order valence-corrected chi connectivity index (χ3v) is 5.14. The van der Waals surface area contributed by atoms with Crippen LogP contribution in [0.15, 0.2) is 47.2 Å². The zero-order valence-electron chi connectivity index (χ0n) is 17.8. The van der Waals surface area contributed by atoms with Gasteiger partial charge in [0.1, 0.15) is 12.4 Å². The molecule has 0 saturated carbocycles. The molecule has 0 spiro atoms. The zero-order chi connectivity index (χ0) is 22.9. The third kappa shape index (κ3) is 4.74. The van der Waals surface area contributed by atoms with Gasteiger partial charge >= 0.3 is 5.97 Å². The van der Waals surface area contributed by atoms with Crippen molar-refractivity contribution in [3.8, 4) is 11.6 Å². The van der Waals surface area contributed by atoms with Crippen LogP contribution in [0.5, 0.6) is 11.6 Å². The van der Waals surface area contributed by atoms with Crippen molar-refractivity contribution in [3.05, 3.63) is 58.5 Å². The van der Waals surface area contributed by atoms with E-state index in [1.807, 2.05) is 24.3 Å². The Bertz CT molecular complexity index is 1280. The summed E-state index contributed by atoms with van der Waals surface area (Å²) in [6, 6.07) is 9.22. The molecule has 3 aromatic heterocycles. The number of fused-ring (bicyclic) bond motifs is 3. The van der Waals surface area contributed by atoms with Crippen LogP contribution in [-0.4, -0.2) is 45.3 Å². The van der Waals surface area contributed by atoms with E-state index in [0.717, 1.165) is 26.3 Å². The highest BCUT2D eigenvalue weighted by molar-refractivity contribution is 9.10. The highest BCUT2D eigenvalue weighted by Gasteiger charge is 2.23. The van der Waals surface area contributed by atoms with Crippen molar-refractivity contribution in [2.45, 2.75) is 26.1 Å². The maximum Gasteiger partial charge on any atom is 0.357 e. The second kappa shape index (κ2) is 8.85. The molecule has 8 nitrogen and oxygen atoms in total. The van der Waals surface area contributed by atoms with E-state index in [1.165, 1.54) is 0 Å². The van der Waals surface area contributed by atoms with Gasteiger partial charge in [-0.05, 0) is 54.0 Å². The number of esters is 1. The quantitative estimate of drug-likeness (QED) is 0.353. The number of methoxy groups -OCH3 is 1. The number of hydrogen-bond donors (Lipinski definition) is 2. The first-order chi connectivity index (χ1) is 15.2. The van der Waals surface area contributed by atoms with Crippen molar-refractivity contribution in [2.75, 3.05) is 13.7 Å². The molecule has 0 bridgehead atoms. The van der Waals surface area contributed by atoms with Crippen LogP contribution in [0.25, 0.3) is 21.8 Å². The molecule has 2 N–H and O–H groups in total. The number of benzene rings is 1. The molecule has 0 fully saturated rings. The molecule has 32 heavy (non-hydrogen) atoms. The van der Waals surface area contributed by atoms with Gasteiger partial charge in [0.2, 0.25) is 5.88 Å². The Hall–Kier alpha value is -3.01. The van der Waals surface area contributed by atoms with E-state index < -0.39 is 11.6 Å². The van der Waals surface area contributed by atoms with Gasteiger partial charge in [0.15, 0.2) is 5.69 Å². The Morgan fingerprint density at radius 1 is 1.16 bits per heavy atom. The van der Waals surface area contributed by atoms with Gasteiger partial charge in [-0.3, -0.25) is 0 Å². The molecule has 0 saturated heterocycles. The maximum atomic E-state index is 12.7. The Labute approximate surface area is 192 Å². The number of H-pyrrole nitrogens is 1. The molecule has 0 aliphatic heterocycles. The molecule has 0 atom stereocenters. The van der Waals surface area contributed by atoms with Crippen LogP contribution in [0.2, 0.25) is 0 Å². The number of carbonyl (C=O) groups is 1. The summed E-state index contributed by atoms with van der Waals surface area (Å²) < 4.78 is 17.4. The monoisotopic (exact) mass is 499 g/mol. The molecule has 0 aliphatic rings. The first-order valence-corrected chi connectivity index (χ1v) is 10.7. The van der Waals surface area contributed by atoms with Crippen LogP contribution < -0.4 is 4.74 Å². The summed E-state index contributed by atoms with van der Waals surface area (Å²) >= 11 is 3.36. The number of aromatic amines is 1. The van der Waals surface area contributed by atoms with Crippen molar-refractivity contribution in [1.82, 2.24) is 15.0 Å². The van der Waals surface area contributed by atoms with E-state index in [9.17, 15) is 9.90 Å². The van der Waals surface area contributed by atoms with Gasteiger partial charge in [0.25, 0.3) is 0 Å². The number of nitrogens with zero attached hydrogens (tertiary/aromatic N) is 2. The van der Waals surface area contributed by atoms with Crippen molar-refractivity contribution < 1.29 is 24.1 Å². The molecule has 0 amide bonds. The molecule has 166 valence electrons. The van der Waals surface area contributed by atoms with Crippen LogP contribution in [0.1, 0.15) is 29.9 Å². The molecule has 9 heteroatoms. The predicted molar refractivity (Wildman–Crippen MR) is 123 cm³/mol. The number of halogens is 1. The summed E-state index contributed by atoms with van der Waals surface area (Å²) in [5.74, 6) is 0.434. The number of ether oxygens (including phenoxy) is 3. The van der Waals surface area contributed by atoms with Crippen molar-refractivity contribution in [1.29, 1.82) is 0 Å². The van der Waals surface area contributed by atoms with Crippen LogP contribution in [-0.2, 0) is 16.1 Å². The number of aliphatic hydroxyl groups is 1. The smallest absolute Gasteiger partial charge is 0.357 e. The summed E-state index contributed by atoms with van der Waals surface area (Å²) in [4.78, 5) is 24.6. The molecular weight excluding hydrogens is 478 g/mol. The molecule has 4 rings (SSSR count). The number of nitrogens with one attached hydrogen (secondary N) is 1. The fraction of sp³-hybridized carbons (Fsp3) is 0.261. The van der Waals surface area contributed by atoms with Crippen molar-refractivity contribution in [3.63, 3.8) is 0 Å². The van der Waals surface area contributed by atoms with Gasteiger partial charge in [0, 0.05) is 45.7 Å². The second-order valence-corrected chi connectivity index (χ2v) is 8.86. The molecule has 3 heterocycles. The van der Waals surface area contributed by atoms with Gasteiger partial charge in [-0.15, -0.1) is 0 Å². The summed E-state index contributed by atoms with van der Waals surface area (Å²) in [5, 5.41) is 11.5. The highest BCUT2D eigenvalue weighted by Crippen LogP contribution is 2.34. The van der Waals surface area contributed by atoms with E-state index in [-0.39, 0.29) is 18.9 Å². The fourth-order valence-electron chi connectivity index (χ4n) is 3.32. The Morgan fingerprint density at radius 3 is 2.66 bits per heavy atom. The summed E-state index contributed by atoms with van der Waals surface area (Å²) in [5.41, 5.74) is 1.21. The third-order valence-electron chi connectivity index (χ3n) is 4.67. The number of carbonyl (C=O) groups excluding carboxylic acids is 1. The lowest BCUT2D eigenvalue weighted by atomic mass is 10.1. The minimum Gasteiger partial charge on any atom is -0.458 e. The van der Waals surface area contributed by atoms with Gasteiger partial charge < -0.3 is 24.3 Å². The lowest BCUT2D eigenvalue weighted by Gasteiger charge is -2.17. The first kappa shape index (κ1) is 22.2. The lowest BCUT2D eigenvalue weighted by molar-refractivity contribution is -0.0106. The van der Waals surface area contributed by atoms with Gasteiger partial charge in [0.05, 0.1) is 23.9 Å². The Balaban J connectivity index is 1.78. The summed E-state index contributed by atoms with van der Waals surface area (Å²) in [6.07, 6.45) is 3.25. The molecular formula is C23H22BrN3O5. The van der Waals surface area contributed by atoms with Crippen LogP contribution in [0.3, 0.4) is 0 Å². The SMILES string of the molecule is COCc1c(C(=O)OCC(C)(C)O)ncc2[nH]c3ccc(Oc4ccc(Br)cn4)cc3c12. The molecule has 0 unspecified atom stereocenters. The van der Waals surface area contributed by atoms with Crippen LogP contribution in [0.4, 0.5) is 0 Å². The standard InChI is InChI=1S/C23H22BrN3O5/c1-23(2,29)12-31-22(28)21-16(11-30-3)20-15-8-14(32-19-7-4-13(24)9-25-19)5-6-17(15)27-18(20)10-26-21/h4-10,27,29H,11-12H2,1-3H3. The predicted octanol–water partition coefficient (Wildman–Crippen LogP) is 4.74. The normalized spacial score (nSPS) is 11.8. The molecule has 0 aliphatic carbocycles. The van der Waals surface area contributed by atoms with E-state index in [1.54, 1.807) is 39.4 Å². The average Bonchev–Trinajstić information content (AvgIpc) is 3.12.